The molecule has 0 heterocycles. The fourth-order valence-corrected chi connectivity index (χ4v) is 1.61. The Kier molecular flexibility index (Phi) is 3.52. The van der Waals surface area contributed by atoms with E-state index in [-0.39, 0.29) is 6.04 Å². The molecule has 1 rings (SSSR count). The molecule has 1 atom stereocenters. The maximum atomic E-state index is 6.05. The molecule has 0 amide bonds. The zero-order chi connectivity index (χ0) is 9.84. The number of hydrogen-bond donors (Lipinski definition) is 1. The SMILES string of the molecule is C=CC[C@H](N)c1ccc(C)cc1Cl. The second kappa shape index (κ2) is 4.45. The second-order valence-corrected chi connectivity index (χ2v) is 3.56. The van der Waals surface area contributed by atoms with E-state index in [4.69, 9.17) is 17.3 Å². The Morgan fingerprint density at radius 2 is 2.31 bits per heavy atom. The molecule has 1 aromatic rings. The van der Waals surface area contributed by atoms with Crippen molar-refractivity contribution < 1.29 is 0 Å². The molecule has 0 saturated heterocycles. The number of nitrogens with two attached hydrogens (primary N) is 1. The van der Waals surface area contributed by atoms with Gasteiger partial charge in [-0.25, -0.2) is 0 Å². The van der Waals surface area contributed by atoms with Gasteiger partial charge in [0, 0.05) is 11.1 Å². The van der Waals surface area contributed by atoms with Crippen LogP contribution in [0.25, 0.3) is 0 Å². The highest BCUT2D eigenvalue weighted by molar-refractivity contribution is 6.31. The molecule has 70 valence electrons. The minimum Gasteiger partial charge on any atom is -0.324 e. The van der Waals surface area contributed by atoms with Gasteiger partial charge in [0.05, 0.1) is 0 Å². The predicted octanol–water partition coefficient (Wildman–Crippen LogP) is 3.22. The predicted molar refractivity (Wildman–Crippen MR) is 57.9 cm³/mol. The first-order valence-corrected chi connectivity index (χ1v) is 4.65. The lowest BCUT2D eigenvalue weighted by atomic mass is 10.0. The van der Waals surface area contributed by atoms with Crippen LogP contribution in [-0.4, -0.2) is 0 Å². The molecule has 0 saturated carbocycles. The van der Waals surface area contributed by atoms with Gasteiger partial charge in [-0.1, -0.05) is 29.8 Å². The molecule has 0 aliphatic carbocycles. The lowest BCUT2D eigenvalue weighted by Crippen LogP contribution is -2.09. The first kappa shape index (κ1) is 10.3. The number of halogens is 1. The monoisotopic (exact) mass is 195 g/mol. The van der Waals surface area contributed by atoms with Gasteiger partial charge in [-0.2, -0.15) is 0 Å². The third-order valence-corrected chi connectivity index (χ3v) is 2.30. The lowest BCUT2D eigenvalue weighted by molar-refractivity contribution is 0.742. The molecule has 0 aliphatic heterocycles. The Hall–Kier alpha value is -0.790. The van der Waals surface area contributed by atoms with Gasteiger partial charge in [-0.15, -0.1) is 6.58 Å². The van der Waals surface area contributed by atoms with E-state index in [2.05, 4.69) is 6.58 Å². The van der Waals surface area contributed by atoms with Crippen LogP contribution in [0.2, 0.25) is 5.02 Å². The highest BCUT2D eigenvalue weighted by Gasteiger charge is 2.07. The zero-order valence-corrected chi connectivity index (χ0v) is 8.51. The molecule has 1 nitrogen and oxygen atoms in total. The van der Waals surface area contributed by atoms with E-state index in [0.29, 0.717) is 0 Å². The largest absolute Gasteiger partial charge is 0.324 e. The molecule has 2 heteroatoms. The minimum absolute atomic E-state index is 0.0365. The zero-order valence-electron chi connectivity index (χ0n) is 7.76. The maximum absolute atomic E-state index is 6.05. The summed E-state index contributed by atoms with van der Waals surface area (Å²) in [5, 5.41) is 0.745. The molecule has 0 bridgehead atoms. The quantitative estimate of drug-likeness (QED) is 0.737. The van der Waals surface area contributed by atoms with Crippen molar-refractivity contribution in [2.24, 2.45) is 5.73 Å². The smallest absolute Gasteiger partial charge is 0.0456 e. The van der Waals surface area contributed by atoms with Gasteiger partial charge in [-0.3, -0.25) is 0 Å². The Morgan fingerprint density at radius 3 is 2.85 bits per heavy atom. The Bertz CT molecular complexity index is 307. The van der Waals surface area contributed by atoms with Gasteiger partial charge in [-0.05, 0) is 30.5 Å². The molecular formula is C11H14ClN. The van der Waals surface area contributed by atoms with Crippen LogP contribution in [0.15, 0.2) is 30.9 Å². The van der Waals surface area contributed by atoms with E-state index in [1.165, 1.54) is 0 Å². The van der Waals surface area contributed by atoms with E-state index >= 15 is 0 Å². The van der Waals surface area contributed by atoms with Gasteiger partial charge in [0.2, 0.25) is 0 Å². The van der Waals surface area contributed by atoms with E-state index < -0.39 is 0 Å². The van der Waals surface area contributed by atoms with Crippen molar-refractivity contribution >= 4 is 11.6 Å². The van der Waals surface area contributed by atoms with Crippen molar-refractivity contribution in [3.8, 4) is 0 Å². The van der Waals surface area contributed by atoms with Gasteiger partial charge in [0.1, 0.15) is 0 Å². The van der Waals surface area contributed by atoms with Gasteiger partial charge >= 0.3 is 0 Å². The number of hydrogen-bond acceptors (Lipinski definition) is 1. The summed E-state index contributed by atoms with van der Waals surface area (Å²) in [6.45, 7) is 5.66. The Balaban J connectivity index is 2.94. The minimum atomic E-state index is -0.0365. The van der Waals surface area contributed by atoms with Crippen LogP contribution in [0.1, 0.15) is 23.6 Å². The molecule has 0 unspecified atom stereocenters. The molecule has 2 N–H and O–H groups in total. The average molecular weight is 196 g/mol. The number of benzene rings is 1. The fourth-order valence-electron chi connectivity index (χ4n) is 1.24. The van der Waals surface area contributed by atoms with Crippen molar-refractivity contribution in [1.82, 2.24) is 0 Å². The standard InChI is InChI=1S/C11H14ClN/c1-3-4-11(13)9-6-5-8(2)7-10(9)12/h3,5-7,11H,1,4,13H2,2H3/t11-/m0/s1. The van der Waals surface area contributed by atoms with Gasteiger partial charge < -0.3 is 5.73 Å². The summed E-state index contributed by atoms with van der Waals surface area (Å²) in [6.07, 6.45) is 2.56. The fraction of sp³-hybridized carbons (Fsp3) is 0.273. The first-order chi connectivity index (χ1) is 6.15. The molecule has 13 heavy (non-hydrogen) atoms. The molecule has 0 aromatic heterocycles. The number of aryl methyl sites for hydroxylation is 1. The topological polar surface area (TPSA) is 26.0 Å². The highest BCUT2D eigenvalue weighted by Crippen LogP contribution is 2.24. The van der Waals surface area contributed by atoms with Crippen molar-refractivity contribution in [2.45, 2.75) is 19.4 Å². The third kappa shape index (κ3) is 2.58. The molecule has 0 fully saturated rings. The van der Waals surface area contributed by atoms with Gasteiger partial charge in [0.25, 0.3) is 0 Å². The summed E-state index contributed by atoms with van der Waals surface area (Å²) in [5.74, 6) is 0. The maximum Gasteiger partial charge on any atom is 0.0456 e. The third-order valence-electron chi connectivity index (χ3n) is 1.98. The summed E-state index contributed by atoms with van der Waals surface area (Å²) in [7, 11) is 0. The van der Waals surface area contributed by atoms with Crippen molar-refractivity contribution in [2.75, 3.05) is 0 Å². The van der Waals surface area contributed by atoms with E-state index in [9.17, 15) is 0 Å². The molecule has 1 aromatic carbocycles. The highest BCUT2D eigenvalue weighted by atomic mass is 35.5. The van der Waals surface area contributed by atoms with Crippen molar-refractivity contribution in [3.63, 3.8) is 0 Å². The van der Waals surface area contributed by atoms with Crippen LogP contribution < -0.4 is 5.73 Å². The summed E-state index contributed by atoms with van der Waals surface area (Å²) in [4.78, 5) is 0. The van der Waals surface area contributed by atoms with E-state index in [0.717, 1.165) is 22.6 Å². The summed E-state index contributed by atoms with van der Waals surface area (Å²) < 4.78 is 0. The van der Waals surface area contributed by atoms with Crippen LogP contribution in [0.3, 0.4) is 0 Å². The van der Waals surface area contributed by atoms with E-state index in [1.54, 1.807) is 6.08 Å². The molecule has 0 spiro atoms. The second-order valence-electron chi connectivity index (χ2n) is 3.16. The summed E-state index contributed by atoms with van der Waals surface area (Å²) >= 11 is 6.05. The van der Waals surface area contributed by atoms with Crippen molar-refractivity contribution in [3.05, 3.63) is 47.0 Å². The van der Waals surface area contributed by atoms with Crippen LogP contribution in [0, 0.1) is 6.92 Å². The average Bonchev–Trinajstić information content (AvgIpc) is 2.04. The normalized spacial score (nSPS) is 12.5. The van der Waals surface area contributed by atoms with Gasteiger partial charge in [0.15, 0.2) is 0 Å². The van der Waals surface area contributed by atoms with Crippen LogP contribution in [0.5, 0.6) is 0 Å². The summed E-state index contributed by atoms with van der Waals surface area (Å²) in [6, 6.07) is 5.89. The molecular weight excluding hydrogens is 182 g/mol. The lowest BCUT2D eigenvalue weighted by Gasteiger charge is -2.11. The number of rotatable bonds is 3. The van der Waals surface area contributed by atoms with Crippen LogP contribution in [0.4, 0.5) is 0 Å². The Morgan fingerprint density at radius 1 is 1.62 bits per heavy atom. The first-order valence-electron chi connectivity index (χ1n) is 4.27. The molecule has 0 radical (unpaired) electrons. The summed E-state index contributed by atoms with van der Waals surface area (Å²) in [5.41, 5.74) is 8.05. The van der Waals surface area contributed by atoms with Crippen LogP contribution >= 0.6 is 11.6 Å². The molecule has 0 aliphatic rings. The van der Waals surface area contributed by atoms with Crippen molar-refractivity contribution in [1.29, 1.82) is 0 Å². The van der Waals surface area contributed by atoms with Crippen LogP contribution in [-0.2, 0) is 0 Å². The Labute approximate surface area is 84.2 Å². The van der Waals surface area contributed by atoms with E-state index in [1.807, 2.05) is 25.1 Å².